The molecule has 2 aromatic carbocycles. The number of benzene rings is 2. The Bertz CT molecular complexity index is 785. The lowest BCUT2D eigenvalue weighted by atomic mass is 9.89. The molecule has 0 bridgehead atoms. The minimum absolute atomic E-state index is 0.0375. The molecular formula is C17H16O6. The van der Waals surface area contributed by atoms with E-state index in [4.69, 9.17) is 18.9 Å². The second-order valence-corrected chi connectivity index (χ2v) is 5.58. The lowest BCUT2D eigenvalue weighted by molar-refractivity contribution is 0.138. The summed E-state index contributed by atoms with van der Waals surface area (Å²) in [6.45, 7) is 0.421. The smallest absolute Gasteiger partial charge is 0.164 e. The van der Waals surface area contributed by atoms with Crippen molar-refractivity contribution in [3.63, 3.8) is 0 Å². The van der Waals surface area contributed by atoms with Crippen molar-refractivity contribution in [2.24, 2.45) is 0 Å². The van der Waals surface area contributed by atoms with Crippen molar-refractivity contribution in [3.05, 3.63) is 35.4 Å². The molecular weight excluding hydrogens is 300 g/mol. The standard InChI is InChI=1S/C17H16O6/c1-20-15-5-13-9(4-12(15)19)17-10(7-22-13)8-3-11(18)16(21-2)6-14(8)23-17/h3-6,10,17-19H,7H2,1-2H3/t10-,17-/m1/s1. The van der Waals surface area contributed by atoms with Crippen LogP contribution < -0.4 is 18.9 Å². The topological polar surface area (TPSA) is 77.4 Å². The highest BCUT2D eigenvalue weighted by molar-refractivity contribution is 5.58. The van der Waals surface area contributed by atoms with Gasteiger partial charge < -0.3 is 29.2 Å². The third kappa shape index (κ3) is 1.94. The first-order valence-electron chi connectivity index (χ1n) is 7.23. The van der Waals surface area contributed by atoms with Crippen LogP contribution in [0.2, 0.25) is 0 Å². The van der Waals surface area contributed by atoms with E-state index in [0.29, 0.717) is 29.6 Å². The second-order valence-electron chi connectivity index (χ2n) is 5.58. The summed E-state index contributed by atoms with van der Waals surface area (Å²) in [6.07, 6.45) is -0.280. The molecule has 0 amide bonds. The molecule has 0 unspecified atom stereocenters. The Balaban J connectivity index is 1.79. The highest BCUT2D eigenvalue weighted by Crippen LogP contribution is 2.54. The van der Waals surface area contributed by atoms with Gasteiger partial charge in [0.15, 0.2) is 23.0 Å². The normalized spacial score (nSPS) is 20.6. The number of hydrogen-bond acceptors (Lipinski definition) is 6. The Hall–Kier alpha value is -2.76. The summed E-state index contributed by atoms with van der Waals surface area (Å²) < 4.78 is 22.1. The van der Waals surface area contributed by atoms with Gasteiger partial charge in [0.05, 0.1) is 26.7 Å². The number of hydrogen-bond donors (Lipinski definition) is 2. The zero-order valence-corrected chi connectivity index (χ0v) is 12.7. The van der Waals surface area contributed by atoms with E-state index >= 15 is 0 Å². The van der Waals surface area contributed by atoms with E-state index in [1.165, 1.54) is 14.2 Å². The largest absolute Gasteiger partial charge is 0.504 e. The first kappa shape index (κ1) is 13.9. The molecule has 23 heavy (non-hydrogen) atoms. The minimum atomic E-state index is -0.280. The van der Waals surface area contributed by atoms with Crippen molar-refractivity contribution >= 4 is 0 Å². The monoisotopic (exact) mass is 316 g/mol. The summed E-state index contributed by atoms with van der Waals surface area (Å²) in [6, 6.07) is 6.59. The molecule has 4 rings (SSSR count). The van der Waals surface area contributed by atoms with Gasteiger partial charge in [-0.2, -0.15) is 0 Å². The highest BCUT2D eigenvalue weighted by atomic mass is 16.5. The number of phenols is 2. The zero-order chi connectivity index (χ0) is 16.1. The van der Waals surface area contributed by atoms with Gasteiger partial charge in [0, 0.05) is 23.3 Å². The molecule has 2 heterocycles. The summed E-state index contributed by atoms with van der Waals surface area (Å²) in [7, 11) is 2.98. The van der Waals surface area contributed by atoms with Crippen molar-refractivity contribution in [2.45, 2.75) is 12.0 Å². The molecule has 0 fully saturated rings. The Kier molecular flexibility index (Phi) is 2.94. The van der Waals surface area contributed by atoms with E-state index in [1.807, 2.05) is 0 Å². The summed E-state index contributed by atoms with van der Waals surface area (Å²) in [4.78, 5) is 0. The van der Waals surface area contributed by atoms with Crippen molar-refractivity contribution in [1.29, 1.82) is 0 Å². The van der Waals surface area contributed by atoms with E-state index in [-0.39, 0.29) is 23.5 Å². The molecule has 0 saturated heterocycles. The average Bonchev–Trinajstić information content (AvgIpc) is 2.91. The summed E-state index contributed by atoms with van der Waals surface area (Å²) in [5.74, 6) is 2.06. The van der Waals surface area contributed by atoms with Crippen LogP contribution in [0.15, 0.2) is 24.3 Å². The van der Waals surface area contributed by atoms with E-state index in [1.54, 1.807) is 24.3 Å². The molecule has 0 radical (unpaired) electrons. The first-order valence-corrected chi connectivity index (χ1v) is 7.23. The molecule has 0 aromatic heterocycles. The molecule has 0 aliphatic carbocycles. The summed E-state index contributed by atoms with van der Waals surface area (Å²) in [5.41, 5.74) is 1.63. The Morgan fingerprint density at radius 1 is 0.913 bits per heavy atom. The molecule has 6 heteroatoms. The Labute approximate surface area is 132 Å². The van der Waals surface area contributed by atoms with Crippen molar-refractivity contribution < 1.29 is 29.2 Å². The highest BCUT2D eigenvalue weighted by Gasteiger charge is 2.42. The van der Waals surface area contributed by atoms with Crippen LogP contribution in [0.3, 0.4) is 0 Å². The molecule has 2 aromatic rings. The van der Waals surface area contributed by atoms with Gasteiger partial charge >= 0.3 is 0 Å². The number of ether oxygens (including phenoxy) is 4. The molecule has 2 aliphatic heterocycles. The number of methoxy groups -OCH3 is 2. The van der Waals surface area contributed by atoms with Gasteiger partial charge in [-0.25, -0.2) is 0 Å². The van der Waals surface area contributed by atoms with Crippen LogP contribution in [0.1, 0.15) is 23.1 Å². The molecule has 2 atom stereocenters. The van der Waals surface area contributed by atoms with E-state index in [0.717, 1.165) is 11.1 Å². The third-order valence-electron chi connectivity index (χ3n) is 4.37. The number of phenolic OH excluding ortho intramolecular Hbond substituents is 2. The number of rotatable bonds is 2. The van der Waals surface area contributed by atoms with Crippen LogP contribution in [0, 0.1) is 0 Å². The maximum absolute atomic E-state index is 10.0. The zero-order valence-electron chi connectivity index (χ0n) is 12.7. The van der Waals surface area contributed by atoms with Gasteiger partial charge in [0.1, 0.15) is 17.6 Å². The second kappa shape index (κ2) is 4.87. The lowest BCUT2D eigenvalue weighted by Crippen LogP contribution is -2.23. The van der Waals surface area contributed by atoms with Crippen LogP contribution in [-0.4, -0.2) is 31.0 Å². The van der Waals surface area contributed by atoms with Crippen molar-refractivity contribution in [2.75, 3.05) is 20.8 Å². The maximum Gasteiger partial charge on any atom is 0.164 e. The van der Waals surface area contributed by atoms with E-state index in [2.05, 4.69) is 0 Å². The Morgan fingerprint density at radius 2 is 1.52 bits per heavy atom. The van der Waals surface area contributed by atoms with Crippen LogP contribution in [0.4, 0.5) is 0 Å². The third-order valence-corrected chi connectivity index (χ3v) is 4.37. The van der Waals surface area contributed by atoms with Crippen molar-refractivity contribution in [1.82, 2.24) is 0 Å². The Morgan fingerprint density at radius 3 is 2.17 bits per heavy atom. The molecule has 6 nitrogen and oxygen atoms in total. The fraction of sp³-hybridized carbons (Fsp3) is 0.294. The van der Waals surface area contributed by atoms with Crippen LogP contribution in [0.25, 0.3) is 0 Å². The van der Waals surface area contributed by atoms with Crippen LogP contribution >= 0.6 is 0 Å². The first-order chi connectivity index (χ1) is 11.1. The molecule has 0 saturated carbocycles. The minimum Gasteiger partial charge on any atom is -0.504 e. The number of fused-ring (bicyclic) bond motifs is 5. The molecule has 2 N–H and O–H groups in total. The molecule has 2 aliphatic rings. The maximum atomic E-state index is 10.0. The SMILES string of the molecule is COc1cc2c(cc1O)[C@H]1COc3cc(OC)c(O)cc3[C@H]1O2. The predicted octanol–water partition coefficient (Wildman–Crippen LogP) is 2.72. The van der Waals surface area contributed by atoms with Crippen LogP contribution in [0.5, 0.6) is 34.5 Å². The van der Waals surface area contributed by atoms with Crippen LogP contribution in [-0.2, 0) is 0 Å². The van der Waals surface area contributed by atoms with E-state index < -0.39 is 0 Å². The lowest BCUT2D eigenvalue weighted by Gasteiger charge is -2.28. The van der Waals surface area contributed by atoms with Crippen molar-refractivity contribution in [3.8, 4) is 34.5 Å². The average molecular weight is 316 g/mol. The molecule has 120 valence electrons. The molecule has 0 spiro atoms. The summed E-state index contributed by atoms with van der Waals surface area (Å²) >= 11 is 0. The van der Waals surface area contributed by atoms with Gasteiger partial charge in [0.25, 0.3) is 0 Å². The van der Waals surface area contributed by atoms with Gasteiger partial charge in [-0.05, 0) is 12.1 Å². The quantitative estimate of drug-likeness (QED) is 0.887. The van der Waals surface area contributed by atoms with Gasteiger partial charge in [-0.15, -0.1) is 0 Å². The predicted molar refractivity (Wildman–Crippen MR) is 80.9 cm³/mol. The van der Waals surface area contributed by atoms with E-state index in [9.17, 15) is 10.2 Å². The van der Waals surface area contributed by atoms with Gasteiger partial charge in [-0.1, -0.05) is 0 Å². The fourth-order valence-electron chi connectivity index (χ4n) is 3.22. The van der Waals surface area contributed by atoms with Gasteiger partial charge in [-0.3, -0.25) is 0 Å². The fourth-order valence-corrected chi connectivity index (χ4v) is 3.22. The number of aromatic hydroxyl groups is 2. The van der Waals surface area contributed by atoms with Gasteiger partial charge in [0.2, 0.25) is 0 Å². The summed E-state index contributed by atoms with van der Waals surface area (Å²) in [5, 5.41) is 20.0.